The minimum absolute atomic E-state index is 0.0182. The quantitative estimate of drug-likeness (QED) is 0.611. The molecule has 0 spiro atoms. The lowest BCUT2D eigenvalue weighted by atomic mass is 10.2. The highest BCUT2D eigenvalue weighted by Crippen LogP contribution is 2.24. The lowest BCUT2D eigenvalue weighted by Crippen LogP contribution is -2.23. The number of rotatable bonds is 6. The number of nitrogens with zero attached hydrogens (tertiary/aromatic N) is 2. The van der Waals surface area contributed by atoms with Crippen LogP contribution in [0.1, 0.15) is 20.7 Å². The maximum Gasteiger partial charge on any atom is 0.230 e. The molecule has 0 saturated carbocycles. The van der Waals surface area contributed by atoms with Gasteiger partial charge in [0.05, 0.1) is 11.9 Å². The van der Waals surface area contributed by atoms with Gasteiger partial charge >= 0.3 is 0 Å². The van der Waals surface area contributed by atoms with Gasteiger partial charge in [0.15, 0.2) is 0 Å². The van der Waals surface area contributed by atoms with Crippen LogP contribution in [0.15, 0.2) is 54.6 Å². The minimum Gasteiger partial charge on any atom is -0.545 e. The fourth-order valence-corrected chi connectivity index (χ4v) is 2.52. The van der Waals surface area contributed by atoms with Crippen LogP contribution in [0, 0.1) is 0 Å². The van der Waals surface area contributed by atoms with Crippen LogP contribution in [-0.2, 0) is 0 Å². The number of carbonyl (C=O) groups is 2. The number of hydrogen-bond donors (Lipinski definition) is 2. The van der Waals surface area contributed by atoms with E-state index in [9.17, 15) is 19.8 Å². The van der Waals surface area contributed by atoms with Crippen molar-refractivity contribution < 1.29 is 19.8 Å². The molecule has 0 aliphatic carbocycles. The van der Waals surface area contributed by atoms with Gasteiger partial charge in [-0.1, -0.05) is 48.0 Å². The third-order valence-electron chi connectivity index (χ3n) is 3.50. The molecular weight excluding hydrogens is 372 g/mol. The Morgan fingerprint density at radius 1 is 0.815 bits per heavy atom. The number of carboxylic acid groups (broad SMARTS) is 2. The number of carbonyl (C=O) groups excluding carboxylic acids is 2. The van der Waals surface area contributed by atoms with E-state index in [2.05, 4.69) is 20.6 Å². The molecule has 0 amide bonds. The molecule has 1 heterocycles. The van der Waals surface area contributed by atoms with Crippen LogP contribution in [-0.4, -0.2) is 21.9 Å². The van der Waals surface area contributed by atoms with Crippen LogP contribution in [0.2, 0.25) is 5.15 Å². The Morgan fingerprint density at radius 3 is 1.89 bits per heavy atom. The predicted octanol–water partition coefficient (Wildman–Crippen LogP) is 1.34. The molecule has 3 rings (SSSR count). The summed E-state index contributed by atoms with van der Waals surface area (Å²) in [7, 11) is 0. The third kappa shape index (κ3) is 4.31. The topological polar surface area (TPSA) is 130 Å². The van der Waals surface area contributed by atoms with Crippen molar-refractivity contribution in [3.05, 3.63) is 70.9 Å². The Hall–Kier alpha value is -3.65. The van der Waals surface area contributed by atoms with E-state index in [1.165, 1.54) is 24.3 Å². The van der Waals surface area contributed by atoms with Gasteiger partial charge in [-0.15, -0.1) is 0 Å². The van der Waals surface area contributed by atoms with Crippen molar-refractivity contribution in [1.82, 2.24) is 9.97 Å². The molecular formula is C18H11ClN4O4-2. The number of halogens is 1. The van der Waals surface area contributed by atoms with Crippen LogP contribution in [0.25, 0.3) is 0 Å². The Balaban J connectivity index is 1.92. The molecule has 0 saturated heterocycles. The van der Waals surface area contributed by atoms with Gasteiger partial charge in [-0.3, -0.25) is 0 Å². The van der Waals surface area contributed by atoms with Crippen LogP contribution in [0.3, 0.4) is 0 Å². The number of nitrogens with one attached hydrogen (secondary N) is 2. The van der Waals surface area contributed by atoms with Crippen molar-refractivity contribution in [2.45, 2.75) is 0 Å². The molecule has 0 atom stereocenters. The molecule has 0 fully saturated rings. The maximum atomic E-state index is 11.2. The summed E-state index contributed by atoms with van der Waals surface area (Å²) in [5.41, 5.74) is 0.358. The predicted molar refractivity (Wildman–Crippen MR) is 95.2 cm³/mol. The first-order valence-corrected chi connectivity index (χ1v) is 8.01. The van der Waals surface area contributed by atoms with Gasteiger partial charge in [-0.05, 0) is 12.1 Å². The van der Waals surface area contributed by atoms with E-state index in [0.717, 1.165) is 0 Å². The fourth-order valence-electron chi connectivity index (χ4n) is 2.34. The molecule has 9 heteroatoms. The van der Waals surface area contributed by atoms with Crippen LogP contribution in [0.4, 0.5) is 23.1 Å². The molecule has 1 aromatic heterocycles. The van der Waals surface area contributed by atoms with Gasteiger partial charge in [0.25, 0.3) is 0 Å². The number of para-hydroxylation sites is 2. The summed E-state index contributed by atoms with van der Waals surface area (Å²) in [5, 5.41) is 28.1. The van der Waals surface area contributed by atoms with Crippen molar-refractivity contribution in [1.29, 1.82) is 0 Å². The van der Waals surface area contributed by atoms with Gasteiger partial charge in [-0.2, -0.15) is 4.98 Å². The van der Waals surface area contributed by atoms with Crippen LogP contribution < -0.4 is 20.8 Å². The highest BCUT2D eigenvalue weighted by Gasteiger charge is 2.09. The lowest BCUT2D eigenvalue weighted by Gasteiger charge is -2.14. The second kappa shape index (κ2) is 7.71. The first-order chi connectivity index (χ1) is 12.9. The van der Waals surface area contributed by atoms with E-state index in [1.807, 2.05) is 0 Å². The Labute approximate surface area is 158 Å². The zero-order valence-corrected chi connectivity index (χ0v) is 14.4. The smallest absolute Gasteiger partial charge is 0.230 e. The summed E-state index contributed by atoms with van der Waals surface area (Å²) in [5.74, 6) is -2.48. The molecule has 2 N–H and O–H groups in total. The first kappa shape index (κ1) is 18.2. The molecule has 0 unspecified atom stereocenters. The second-order valence-corrected chi connectivity index (χ2v) is 5.70. The zero-order valence-electron chi connectivity index (χ0n) is 13.6. The standard InChI is InChI=1S/C18H13ClN4O4/c19-14-9-15(20-12-7-3-1-5-10(12)16(24)25)23-18(22-14)21-13-8-4-2-6-11(13)17(26)27/h1-9H,(H,24,25)(H,26,27)(H2,20,21,22,23)/p-2. The molecule has 0 aliphatic heterocycles. The van der Waals surface area contributed by atoms with Gasteiger partial charge in [0.1, 0.15) is 11.0 Å². The van der Waals surface area contributed by atoms with Crippen molar-refractivity contribution in [3.63, 3.8) is 0 Å². The molecule has 2 aromatic carbocycles. The monoisotopic (exact) mass is 382 g/mol. The van der Waals surface area contributed by atoms with Gasteiger partial charge < -0.3 is 30.4 Å². The van der Waals surface area contributed by atoms with Crippen molar-refractivity contribution >= 4 is 46.7 Å². The van der Waals surface area contributed by atoms with Gasteiger partial charge in [0, 0.05) is 28.6 Å². The van der Waals surface area contributed by atoms with Crippen LogP contribution >= 0.6 is 11.6 Å². The molecule has 3 aromatic rings. The van der Waals surface area contributed by atoms with E-state index >= 15 is 0 Å². The molecule has 136 valence electrons. The highest BCUT2D eigenvalue weighted by atomic mass is 35.5. The summed E-state index contributed by atoms with van der Waals surface area (Å²) in [6.45, 7) is 0. The average Bonchev–Trinajstić information content (AvgIpc) is 2.61. The summed E-state index contributed by atoms with van der Waals surface area (Å²) < 4.78 is 0. The van der Waals surface area contributed by atoms with E-state index in [4.69, 9.17) is 11.6 Å². The molecule has 0 radical (unpaired) electrons. The molecule has 27 heavy (non-hydrogen) atoms. The Kier molecular flexibility index (Phi) is 5.18. The Bertz CT molecular complexity index is 948. The highest BCUT2D eigenvalue weighted by molar-refractivity contribution is 6.29. The number of carboxylic acids is 2. The number of anilines is 4. The second-order valence-electron chi connectivity index (χ2n) is 5.32. The van der Waals surface area contributed by atoms with E-state index < -0.39 is 11.9 Å². The van der Waals surface area contributed by atoms with Gasteiger partial charge in [-0.25, -0.2) is 4.98 Å². The van der Waals surface area contributed by atoms with Gasteiger partial charge in [0.2, 0.25) is 5.95 Å². The third-order valence-corrected chi connectivity index (χ3v) is 3.69. The lowest BCUT2D eigenvalue weighted by molar-refractivity contribution is -0.256. The maximum absolute atomic E-state index is 11.2. The summed E-state index contributed by atoms with van der Waals surface area (Å²) in [6, 6.07) is 13.6. The van der Waals surface area contributed by atoms with E-state index in [-0.39, 0.29) is 39.4 Å². The van der Waals surface area contributed by atoms with E-state index in [1.54, 1.807) is 30.3 Å². The summed E-state index contributed by atoms with van der Waals surface area (Å²) >= 11 is 6.00. The van der Waals surface area contributed by atoms with Crippen molar-refractivity contribution in [3.8, 4) is 0 Å². The zero-order chi connectivity index (χ0) is 19.4. The molecule has 8 nitrogen and oxygen atoms in total. The number of benzene rings is 2. The molecule has 0 bridgehead atoms. The van der Waals surface area contributed by atoms with E-state index in [0.29, 0.717) is 0 Å². The Morgan fingerprint density at radius 2 is 1.33 bits per heavy atom. The summed E-state index contributed by atoms with van der Waals surface area (Å²) in [6.07, 6.45) is 0. The van der Waals surface area contributed by atoms with Crippen LogP contribution in [0.5, 0.6) is 0 Å². The SMILES string of the molecule is O=C([O-])c1ccccc1Nc1cc(Cl)nc(Nc2ccccc2C(=O)[O-])n1. The minimum atomic E-state index is -1.36. The largest absolute Gasteiger partial charge is 0.545 e. The average molecular weight is 383 g/mol. The number of aromatic nitrogens is 2. The molecule has 0 aliphatic rings. The number of hydrogen-bond acceptors (Lipinski definition) is 8. The van der Waals surface area contributed by atoms with Crippen molar-refractivity contribution in [2.75, 3.05) is 10.6 Å². The normalized spacial score (nSPS) is 10.3. The fraction of sp³-hybridized carbons (Fsp3) is 0. The number of aromatic carboxylic acids is 2. The summed E-state index contributed by atoms with van der Waals surface area (Å²) in [4.78, 5) is 30.6. The first-order valence-electron chi connectivity index (χ1n) is 7.63. The van der Waals surface area contributed by atoms with Crippen molar-refractivity contribution in [2.24, 2.45) is 0 Å².